The van der Waals surface area contributed by atoms with Crippen LogP contribution in [0.4, 0.5) is 13.2 Å². The molecule has 1 aromatic heterocycles. The Bertz CT molecular complexity index is 546. The number of nitrogens with zero attached hydrogens (tertiary/aromatic N) is 2. The van der Waals surface area contributed by atoms with Gasteiger partial charge in [-0.2, -0.15) is 13.2 Å². The van der Waals surface area contributed by atoms with Gasteiger partial charge in [-0.15, -0.1) is 0 Å². The predicted molar refractivity (Wildman–Crippen MR) is 65.5 cm³/mol. The van der Waals surface area contributed by atoms with Gasteiger partial charge in [-0.25, -0.2) is 4.98 Å². The zero-order chi connectivity index (χ0) is 13.9. The van der Waals surface area contributed by atoms with Gasteiger partial charge in [-0.3, -0.25) is 0 Å². The molecule has 0 radical (unpaired) electrons. The number of hydrogen-bond donors (Lipinski definition) is 1. The zero-order valence-electron chi connectivity index (χ0n) is 10.2. The van der Waals surface area contributed by atoms with E-state index in [0.717, 1.165) is 17.8 Å². The third kappa shape index (κ3) is 3.35. The number of nitrogens with two attached hydrogens (primary N) is 1. The maximum absolute atomic E-state index is 12.6. The van der Waals surface area contributed by atoms with Crippen LogP contribution in [0.15, 0.2) is 36.8 Å². The fraction of sp³-hybridized carbons (Fsp3) is 0.308. The molecule has 0 spiro atoms. The van der Waals surface area contributed by atoms with Crippen molar-refractivity contribution in [3.63, 3.8) is 0 Å². The van der Waals surface area contributed by atoms with Crippen LogP contribution >= 0.6 is 0 Å². The van der Waals surface area contributed by atoms with E-state index in [4.69, 9.17) is 5.73 Å². The largest absolute Gasteiger partial charge is 0.416 e. The normalized spacial score (nSPS) is 11.8. The van der Waals surface area contributed by atoms with Crippen molar-refractivity contribution in [2.75, 3.05) is 6.54 Å². The van der Waals surface area contributed by atoms with E-state index >= 15 is 0 Å². The molecule has 0 aliphatic carbocycles. The van der Waals surface area contributed by atoms with Crippen molar-refractivity contribution in [1.82, 2.24) is 9.55 Å². The minimum atomic E-state index is -4.31. The summed E-state index contributed by atoms with van der Waals surface area (Å²) in [6, 6.07) is 5.31. The van der Waals surface area contributed by atoms with Gasteiger partial charge in [0.1, 0.15) is 0 Å². The Hall–Kier alpha value is -1.82. The molecule has 0 bridgehead atoms. The number of benzene rings is 1. The van der Waals surface area contributed by atoms with Crippen LogP contribution < -0.4 is 5.73 Å². The molecule has 0 amide bonds. The molecule has 0 aliphatic heterocycles. The van der Waals surface area contributed by atoms with Crippen LogP contribution in [0.3, 0.4) is 0 Å². The number of aromatic nitrogens is 2. The Morgan fingerprint density at radius 3 is 2.74 bits per heavy atom. The van der Waals surface area contributed by atoms with Crippen LogP contribution in [0, 0.1) is 0 Å². The molecule has 6 heteroatoms. The number of rotatable bonds is 4. The van der Waals surface area contributed by atoms with Crippen LogP contribution in [0.2, 0.25) is 0 Å². The second-order valence-electron chi connectivity index (χ2n) is 4.25. The maximum atomic E-state index is 12.6. The van der Waals surface area contributed by atoms with E-state index < -0.39 is 11.7 Å². The predicted octanol–water partition coefficient (Wildman–Crippen LogP) is 2.45. The lowest BCUT2D eigenvalue weighted by Crippen LogP contribution is -2.10. The van der Waals surface area contributed by atoms with Crippen LogP contribution in [0.1, 0.15) is 16.8 Å². The molecule has 0 atom stereocenters. The molecule has 0 fully saturated rings. The van der Waals surface area contributed by atoms with Gasteiger partial charge in [0, 0.05) is 24.9 Å². The van der Waals surface area contributed by atoms with Crippen LogP contribution in [-0.2, 0) is 19.1 Å². The Balaban J connectivity index is 2.21. The number of halogens is 3. The summed E-state index contributed by atoms with van der Waals surface area (Å²) in [4.78, 5) is 3.99. The lowest BCUT2D eigenvalue weighted by Gasteiger charge is -2.11. The van der Waals surface area contributed by atoms with Gasteiger partial charge in [0.15, 0.2) is 0 Å². The van der Waals surface area contributed by atoms with Gasteiger partial charge in [-0.05, 0) is 24.2 Å². The van der Waals surface area contributed by atoms with Crippen molar-refractivity contribution in [3.8, 4) is 0 Å². The van der Waals surface area contributed by atoms with E-state index in [9.17, 15) is 13.2 Å². The molecule has 2 aromatic rings. The standard InChI is InChI=1S/C13H14F3N3/c14-13(15,16)11-3-1-2-10(6-11)8-19-9-18-7-12(19)4-5-17/h1-3,6-7,9H,4-5,8,17H2. The summed E-state index contributed by atoms with van der Waals surface area (Å²) in [6.07, 6.45) is -0.379. The van der Waals surface area contributed by atoms with E-state index in [1.165, 1.54) is 6.07 Å². The van der Waals surface area contributed by atoms with Gasteiger partial charge < -0.3 is 10.3 Å². The second kappa shape index (κ2) is 5.44. The fourth-order valence-electron chi connectivity index (χ4n) is 1.89. The van der Waals surface area contributed by atoms with Crippen LogP contribution in [0.5, 0.6) is 0 Å². The summed E-state index contributed by atoms with van der Waals surface area (Å²) in [5.74, 6) is 0. The number of imidazole rings is 1. The molecule has 2 N–H and O–H groups in total. The summed E-state index contributed by atoms with van der Waals surface area (Å²) in [7, 11) is 0. The summed E-state index contributed by atoms with van der Waals surface area (Å²) in [5, 5.41) is 0. The molecule has 19 heavy (non-hydrogen) atoms. The third-order valence-corrected chi connectivity index (χ3v) is 2.81. The van der Waals surface area contributed by atoms with E-state index in [2.05, 4.69) is 4.98 Å². The highest BCUT2D eigenvalue weighted by atomic mass is 19.4. The van der Waals surface area contributed by atoms with Crippen molar-refractivity contribution < 1.29 is 13.2 Å². The highest BCUT2D eigenvalue weighted by molar-refractivity contribution is 5.26. The molecule has 0 saturated carbocycles. The van der Waals surface area contributed by atoms with Crippen molar-refractivity contribution in [1.29, 1.82) is 0 Å². The zero-order valence-corrected chi connectivity index (χ0v) is 10.2. The summed E-state index contributed by atoms with van der Waals surface area (Å²) < 4.78 is 39.6. The topological polar surface area (TPSA) is 43.8 Å². The fourth-order valence-corrected chi connectivity index (χ4v) is 1.89. The molecule has 3 nitrogen and oxygen atoms in total. The first-order valence-electron chi connectivity index (χ1n) is 5.86. The molecule has 102 valence electrons. The Labute approximate surface area is 108 Å². The first-order chi connectivity index (χ1) is 9.00. The van der Waals surface area contributed by atoms with Gasteiger partial charge >= 0.3 is 6.18 Å². The summed E-state index contributed by atoms with van der Waals surface area (Å²) in [5.41, 5.74) is 6.35. The monoisotopic (exact) mass is 269 g/mol. The SMILES string of the molecule is NCCc1cncn1Cc1cccc(C(F)(F)F)c1. The van der Waals surface area contributed by atoms with E-state index in [-0.39, 0.29) is 0 Å². The average molecular weight is 269 g/mol. The third-order valence-electron chi connectivity index (χ3n) is 2.81. The van der Waals surface area contributed by atoms with E-state index in [1.807, 2.05) is 4.57 Å². The van der Waals surface area contributed by atoms with Gasteiger partial charge in [0.05, 0.1) is 11.9 Å². The Kier molecular flexibility index (Phi) is 3.90. The minimum Gasteiger partial charge on any atom is -0.330 e. The number of alkyl halides is 3. The first-order valence-corrected chi connectivity index (χ1v) is 5.86. The Morgan fingerprint density at radius 1 is 1.26 bits per heavy atom. The quantitative estimate of drug-likeness (QED) is 0.926. The molecular weight excluding hydrogens is 255 g/mol. The van der Waals surface area contributed by atoms with Gasteiger partial charge in [0.25, 0.3) is 0 Å². The first kappa shape index (κ1) is 13.6. The molecular formula is C13H14F3N3. The van der Waals surface area contributed by atoms with Crippen molar-refractivity contribution in [2.24, 2.45) is 5.73 Å². The maximum Gasteiger partial charge on any atom is 0.416 e. The van der Waals surface area contributed by atoms with Crippen molar-refractivity contribution in [2.45, 2.75) is 19.1 Å². The molecule has 0 unspecified atom stereocenters. The van der Waals surface area contributed by atoms with Gasteiger partial charge in [-0.1, -0.05) is 12.1 Å². The lowest BCUT2D eigenvalue weighted by atomic mass is 10.1. The molecule has 1 aromatic carbocycles. The minimum absolute atomic E-state index is 0.360. The molecule has 1 heterocycles. The summed E-state index contributed by atoms with van der Waals surface area (Å²) in [6.45, 7) is 0.841. The second-order valence-corrected chi connectivity index (χ2v) is 4.25. The molecule has 0 saturated heterocycles. The smallest absolute Gasteiger partial charge is 0.330 e. The van der Waals surface area contributed by atoms with Crippen molar-refractivity contribution in [3.05, 3.63) is 53.6 Å². The lowest BCUT2D eigenvalue weighted by molar-refractivity contribution is -0.137. The van der Waals surface area contributed by atoms with Gasteiger partial charge in [0.2, 0.25) is 0 Å². The van der Waals surface area contributed by atoms with Crippen LogP contribution in [0.25, 0.3) is 0 Å². The highest BCUT2D eigenvalue weighted by Gasteiger charge is 2.30. The average Bonchev–Trinajstić information content (AvgIpc) is 2.77. The van der Waals surface area contributed by atoms with E-state index in [0.29, 0.717) is 25.1 Å². The number of hydrogen-bond acceptors (Lipinski definition) is 2. The Morgan fingerprint density at radius 2 is 2.05 bits per heavy atom. The highest BCUT2D eigenvalue weighted by Crippen LogP contribution is 2.29. The summed E-state index contributed by atoms with van der Waals surface area (Å²) >= 11 is 0. The molecule has 0 aliphatic rings. The van der Waals surface area contributed by atoms with Crippen molar-refractivity contribution >= 4 is 0 Å². The van der Waals surface area contributed by atoms with Crippen LogP contribution in [-0.4, -0.2) is 16.1 Å². The van der Waals surface area contributed by atoms with E-state index in [1.54, 1.807) is 18.6 Å². The molecule has 2 rings (SSSR count).